The molecule has 5 heteroatoms. The molecular formula is C15H18ClN3O. The van der Waals surface area contributed by atoms with Crippen LogP contribution in [0.25, 0.3) is 11.5 Å². The van der Waals surface area contributed by atoms with Gasteiger partial charge in [0.05, 0.1) is 17.1 Å². The number of hydrogen-bond acceptors (Lipinski definition) is 4. The average molecular weight is 292 g/mol. The molecule has 1 aromatic carbocycles. The normalized spacial score (nSPS) is 16.6. The number of benzene rings is 1. The van der Waals surface area contributed by atoms with Crippen LogP contribution in [0.3, 0.4) is 0 Å². The van der Waals surface area contributed by atoms with E-state index in [-0.39, 0.29) is 0 Å². The predicted octanol–water partition coefficient (Wildman–Crippen LogP) is 3.62. The highest BCUT2D eigenvalue weighted by molar-refractivity contribution is 6.33. The molecule has 0 spiro atoms. The third-order valence-electron chi connectivity index (χ3n) is 3.96. The number of rotatable bonds is 5. The van der Waals surface area contributed by atoms with Gasteiger partial charge in [0.1, 0.15) is 0 Å². The third kappa shape index (κ3) is 2.86. The van der Waals surface area contributed by atoms with E-state index in [2.05, 4.69) is 29.1 Å². The second kappa shape index (κ2) is 5.54. The van der Waals surface area contributed by atoms with Crippen molar-refractivity contribution in [2.24, 2.45) is 5.92 Å². The molecule has 1 fully saturated rings. The maximum Gasteiger partial charge on any atom is 0.249 e. The number of aromatic nitrogens is 2. The van der Waals surface area contributed by atoms with Crippen LogP contribution in [0, 0.1) is 5.92 Å². The van der Waals surface area contributed by atoms with E-state index in [0.29, 0.717) is 29.4 Å². The van der Waals surface area contributed by atoms with Crippen LogP contribution < -0.4 is 0 Å². The Morgan fingerprint density at radius 2 is 2.10 bits per heavy atom. The van der Waals surface area contributed by atoms with Crippen molar-refractivity contribution in [2.75, 3.05) is 7.05 Å². The SMILES string of the molecule is CC(C1CC1)N(C)Cc1nnc(-c2ccccc2Cl)o1. The van der Waals surface area contributed by atoms with E-state index in [0.717, 1.165) is 11.5 Å². The minimum Gasteiger partial charge on any atom is -0.419 e. The standard InChI is InChI=1S/C15H18ClN3O/c1-10(11-7-8-11)19(2)9-14-17-18-15(20-14)12-5-3-4-6-13(12)16/h3-6,10-11H,7-9H2,1-2H3. The zero-order valence-corrected chi connectivity index (χ0v) is 12.5. The average Bonchev–Trinajstić information content (AvgIpc) is 3.19. The van der Waals surface area contributed by atoms with Gasteiger partial charge in [0.25, 0.3) is 0 Å². The lowest BCUT2D eigenvalue weighted by Gasteiger charge is -2.22. The Bertz CT molecular complexity index is 594. The number of halogens is 1. The Hall–Kier alpha value is -1.39. The summed E-state index contributed by atoms with van der Waals surface area (Å²) in [6, 6.07) is 8.06. The van der Waals surface area contributed by atoms with Crippen LogP contribution >= 0.6 is 11.6 Å². The first-order chi connectivity index (χ1) is 9.65. The van der Waals surface area contributed by atoms with Crippen LogP contribution in [0.15, 0.2) is 28.7 Å². The lowest BCUT2D eigenvalue weighted by Crippen LogP contribution is -2.30. The lowest BCUT2D eigenvalue weighted by molar-refractivity contribution is 0.206. The molecule has 0 amide bonds. The summed E-state index contributed by atoms with van der Waals surface area (Å²) in [7, 11) is 2.10. The molecule has 2 aromatic rings. The van der Waals surface area contributed by atoms with Gasteiger partial charge < -0.3 is 4.42 Å². The molecule has 1 unspecified atom stereocenters. The van der Waals surface area contributed by atoms with Crippen molar-refractivity contribution in [1.82, 2.24) is 15.1 Å². The summed E-state index contributed by atoms with van der Waals surface area (Å²) in [5.41, 5.74) is 0.783. The first-order valence-corrected chi connectivity index (χ1v) is 7.30. The zero-order chi connectivity index (χ0) is 14.1. The number of hydrogen-bond donors (Lipinski definition) is 0. The van der Waals surface area contributed by atoms with E-state index in [1.165, 1.54) is 12.8 Å². The molecule has 106 valence electrons. The second-order valence-electron chi connectivity index (χ2n) is 5.47. The second-order valence-corrected chi connectivity index (χ2v) is 5.88. The van der Waals surface area contributed by atoms with Crippen molar-refractivity contribution < 1.29 is 4.42 Å². The van der Waals surface area contributed by atoms with Gasteiger partial charge in [-0.15, -0.1) is 10.2 Å². The molecule has 3 rings (SSSR count). The summed E-state index contributed by atoms with van der Waals surface area (Å²) in [6.45, 7) is 2.93. The van der Waals surface area contributed by atoms with Gasteiger partial charge in [0.2, 0.25) is 11.8 Å². The van der Waals surface area contributed by atoms with Gasteiger partial charge in [-0.05, 0) is 44.9 Å². The van der Waals surface area contributed by atoms with Gasteiger partial charge >= 0.3 is 0 Å². The minimum atomic E-state index is 0.484. The van der Waals surface area contributed by atoms with Gasteiger partial charge in [0.15, 0.2) is 0 Å². The Labute approximate surface area is 123 Å². The van der Waals surface area contributed by atoms with E-state index in [1.54, 1.807) is 0 Å². The van der Waals surface area contributed by atoms with Crippen LogP contribution in [0.2, 0.25) is 5.02 Å². The maximum absolute atomic E-state index is 6.14. The molecule has 0 radical (unpaired) electrons. The van der Waals surface area contributed by atoms with E-state index >= 15 is 0 Å². The maximum atomic E-state index is 6.14. The Morgan fingerprint density at radius 1 is 1.35 bits per heavy atom. The van der Waals surface area contributed by atoms with Crippen LogP contribution in [0.1, 0.15) is 25.7 Å². The zero-order valence-electron chi connectivity index (χ0n) is 11.7. The summed E-state index contributed by atoms with van der Waals surface area (Å²) in [6.07, 6.45) is 2.67. The Balaban J connectivity index is 1.72. The fourth-order valence-corrected chi connectivity index (χ4v) is 2.57. The lowest BCUT2D eigenvalue weighted by atomic mass is 10.2. The minimum absolute atomic E-state index is 0.484. The largest absolute Gasteiger partial charge is 0.419 e. The van der Waals surface area contributed by atoms with E-state index in [9.17, 15) is 0 Å². The fourth-order valence-electron chi connectivity index (χ4n) is 2.36. The fraction of sp³-hybridized carbons (Fsp3) is 0.467. The molecule has 1 aliphatic carbocycles. The molecular weight excluding hydrogens is 274 g/mol. The van der Waals surface area contributed by atoms with Gasteiger partial charge in [0, 0.05) is 6.04 Å². The Kier molecular flexibility index (Phi) is 3.76. The van der Waals surface area contributed by atoms with Crippen molar-refractivity contribution in [2.45, 2.75) is 32.4 Å². The molecule has 0 N–H and O–H groups in total. The summed E-state index contributed by atoms with van der Waals surface area (Å²) in [5, 5.41) is 8.84. The summed E-state index contributed by atoms with van der Waals surface area (Å²) < 4.78 is 5.72. The van der Waals surface area contributed by atoms with Crippen LogP contribution in [-0.4, -0.2) is 28.2 Å². The number of nitrogens with zero attached hydrogens (tertiary/aromatic N) is 3. The first kappa shape index (κ1) is 13.6. The molecule has 1 atom stereocenters. The highest BCUT2D eigenvalue weighted by Gasteiger charge is 2.31. The highest BCUT2D eigenvalue weighted by Crippen LogP contribution is 2.35. The topological polar surface area (TPSA) is 42.2 Å². The van der Waals surface area contributed by atoms with E-state index < -0.39 is 0 Å². The van der Waals surface area contributed by atoms with Gasteiger partial charge in [-0.25, -0.2) is 0 Å². The molecule has 20 heavy (non-hydrogen) atoms. The van der Waals surface area contributed by atoms with Crippen molar-refractivity contribution in [1.29, 1.82) is 0 Å². The Morgan fingerprint density at radius 3 is 2.80 bits per heavy atom. The molecule has 4 nitrogen and oxygen atoms in total. The molecule has 1 aliphatic rings. The van der Waals surface area contributed by atoms with Crippen LogP contribution in [-0.2, 0) is 6.54 Å². The molecule has 0 aliphatic heterocycles. The van der Waals surface area contributed by atoms with Crippen molar-refractivity contribution in [3.8, 4) is 11.5 Å². The molecule has 1 aromatic heterocycles. The van der Waals surface area contributed by atoms with E-state index in [4.69, 9.17) is 16.0 Å². The molecule has 0 bridgehead atoms. The molecule has 0 saturated heterocycles. The summed E-state index contributed by atoms with van der Waals surface area (Å²) in [4.78, 5) is 2.27. The summed E-state index contributed by atoms with van der Waals surface area (Å²) >= 11 is 6.14. The van der Waals surface area contributed by atoms with Crippen molar-refractivity contribution in [3.63, 3.8) is 0 Å². The van der Waals surface area contributed by atoms with Crippen LogP contribution in [0.5, 0.6) is 0 Å². The quantitative estimate of drug-likeness (QED) is 0.844. The van der Waals surface area contributed by atoms with Gasteiger partial charge in [-0.3, -0.25) is 4.90 Å². The highest BCUT2D eigenvalue weighted by atomic mass is 35.5. The molecule has 1 heterocycles. The first-order valence-electron chi connectivity index (χ1n) is 6.92. The van der Waals surface area contributed by atoms with Gasteiger partial charge in [-0.1, -0.05) is 23.7 Å². The monoisotopic (exact) mass is 291 g/mol. The van der Waals surface area contributed by atoms with Gasteiger partial charge in [-0.2, -0.15) is 0 Å². The summed E-state index contributed by atoms with van der Waals surface area (Å²) in [5.74, 6) is 1.94. The van der Waals surface area contributed by atoms with Crippen molar-refractivity contribution >= 4 is 11.6 Å². The third-order valence-corrected chi connectivity index (χ3v) is 4.28. The smallest absolute Gasteiger partial charge is 0.249 e. The van der Waals surface area contributed by atoms with Crippen molar-refractivity contribution in [3.05, 3.63) is 35.2 Å². The molecule has 1 saturated carbocycles. The van der Waals surface area contributed by atoms with E-state index in [1.807, 2.05) is 24.3 Å². The predicted molar refractivity (Wildman–Crippen MR) is 78.4 cm³/mol. The van der Waals surface area contributed by atoms with Crippen LogP contribution in [0.4, 0.5) is 0 Å².